The zero-order valence-corrected chi connectivity index (χ0v) is 9.35. The average molecular weight is 217 g/mol. The molecule has 0 unspecified atom stereocenters. The lowest BCUT2D eigenvalue weighted by Crippen LogP contribution is -1.83. The fourth-order valence-electron chi connectivity index (χ4n) is 2.69. The third-order valence-electron chi connectivity index (χ3n) is 3.51. The highest BCUT2D eigenvalue weighted by atomic mass is 14.7. The summed E-state index contributed by atoms with van der Waals surface area (Å²) in [4.78, 5) is 4.46. The molecule has 0 radical (unpaired) electrons. The van der Waals surface area contributed by atoms with Crippen molar-refractivity contribution in [1.82, 2.24) is 4.98 Å². The van der Waals surface area contributed by atoms with Crippen LogP contribution in [0.25, 0.3) is 21.9 Å². The Morgan fingerprint density at radius 3 is 2.53 bits per heavy atom. The molecule has 3 aromatic rings. The molecule has 0 fully saturated rings. The zero-order chi connectivity index (χ0) is 11.2. The van der Waals surface area contributed by atoms with Crippen molar-refractivity contribution in [2.75, 3.05) is 0 Å². The van der Waals surface area contributed by atoms with E-state index in [4.69, 9.17) is 0 Å². The molecule has 2 aromatic carbocycles. The molecule has 17 heavy (non-hydrogen) atoms. The number of hydrogen-bond donors (Lipinski definition) is 0. The van der Waals surface area contributed by atoms with Gasteiger partial charge in [0.05, 0.1) is 5.69 Å². The van der Waals surface area contributed by atoms with Gasteiger partial charge in [0.1, 0.15) is 0 Å². The van der Waals surface area contributed by atoms with Gasteiger partial charge < -0.3 is 0 Å². The Morgan fingerprint density at radius 1 is 0.824 bits per heavy atom. The molecule has 0 atom stereocenters. The molecule has 4 rings (SSSR count). The number of nitrogens with zero attached hydrogens (tertiary/aromatic N) is 1. The van der Waals surface area contributed by atoms with E-state index in [-0.39, 0.29) is 0 Å². The second-order valence-electron chi connectivity index (χ2n) is 4.53. The summed E-state index contributed by atoms with van der Waals surface area (Å²) in [6.07, 6.45) is 2.85. The first kappa shape index (κ1) is 8.94. The van der Waals surface area contributed by atoms with Crippen molar-refractivity contribution in [3.8, 4) is 11.1 Å². The highest BCUT2D eigenvalue weighted by Gasteiger charge is 2.19. The van der Waals surface area contributed by atoms with Gasteiger partial charge in [0.25, 0.3) is 0 Å². The van der Waals surface area contributed by atoms with Crippen molar-refractivity contribution in [2.24, 2.45) is 0 Å². The summed E-state index contributed by atoms with van der Waals surface area (Å²) in [5.74, 6) is 0. The Kier molecular flexibility index (Phi) is 1.67. The van der Waals surface area contributed by atoms with E-state index in [2.05, 4.69) is 47.4 Å². The Labute approximate surface area is 99.7 Å². The molecular formula is C16H11N. The van der Waals surface area contributed by atoms with Crippen molar-refractivity contribution >= 4 is 10.8 Å². The summed E-state index contributed by atoms with van der Waals surface area (Å²) >= 11 is 0. The molecule has 1 aliphatic rings. The van der Waals surface area contributed by atoms with Crippen LogP contribution in [0.1, 0.15) is 11.3 Å². The number of rotatable bonds is 0. The van der Waals surface area contributed by atoms with Crippen molar-refractivity contribution in [3.05, 3.63) is 66.0 Å². The topological polar surface area (TPSA) is 12.9 Å². The maximum atomic E-state index is 4.46. The van der Waals surface area contributed by atoms with Gasteiger partial charge >= 0.3 is 0 Å². The van der Waals surface area contributed by atoms with Crippen LogP contribution in [-0.2, 0) is 6.42 Å². The largest absolute Gasteiger partial charge is 0.260 e. The molecule has 1 aromatic heterocycles. The average Bonchev–Trinajstić information content (AvgIpc) is 2.73. The van der Waals surface area contributed by atoms with Crippen molar-refractivity contribution in [2.45, 2.75) is 6.42 Å². The molecule has 1 nitrogen and oxygen atoms in total. The molecule has 1 heterocycles. The van der Waals surface area contributed by atoms with E-state index < -0.39 is 0 Å². The zero-order valence-electron chi connectivity index (χ0n) is 9.35. The smallest absolute Gasteiger partial charge is 0.0525 e. The Balaban J connectivity index is 2.07. The molecule has 0 saturated heterocycles. The minimum Gasteiger partial charge on any atom is -0.260 e. The van der Waals surface area contributed by atoms with Gasteiger partial charge in [0, 0.05) is 18.2 Å². The number of aromatic nitrogens is 1. The van der Waals surface area contributed by atoms with Crippen LogP contribution in [0.5, 0.6) is 0 Å². The van der Waals surface area contributed by atoms with Gasteiger partial charge in [-0.2, -0.15) is 0 Å². The first-order valence-corrected chi connectivity index (χ1v) is 5.88. The van der Waals surface area contributed by atoms with Crippen LogP contribution in [0, 0.1) is 0 Å². The molecule has 0 aliphatic heterocycles. The lowest BCUT2D eigenvalue weighted by atomic mass is 10.0. The molecule has 1 aliphatic carbocycles. The third kappa shape index (κ3) is 1.22. The number of pyridine rings is 1. The first-order chi connectivity index (χ1) is 8.42. The number of hydrogen-bond acceptors (Lipinski definition) is 1. The van der Waals surface area contributed by atoms with E-state index in [0.717, 1.165) is 6.42 Å². The van der Waals surface area contributed by atoms with Crippen molar-refractivity contribution in [3.63, 3.8) is 0 Å². The SMILES string of the molecule is c1cnc2c(c1)-c1cc3ccccc3cc1C2. The van der Waals surface area contributed by atoms with Crippen LogP contribution >= 0.6 is 0 Å². The van der Waals surface area contributed by atoms with Gasteiger partial charge in [0.2, 0.25) is 0 Å². The van der Waals surface area contributed by atoms with Gasteiger partial charge in [-0.05, 0) is 34.0 Å². The minimum atomic E-state index is 0.969. The summed E-state index contributed by atoms with van der Waals surface area (Å²) in [6, 6.07) is 17.3. The summed E-state index contributed by atoms with van der Waals surface area (Å²) in [5.41, 5.74) is 5.26. The van der Waals surface area contributed by atoms with Gasteiger partial charge in [-0.3, -0.25) is 4.98 Å². The maximum absolute atomic E-state index is 4.46. The third-order valence-corrected chi connectivity index (χ3v) is 3.51. The van der Waals surface area contributed by atoms with Crippen LogP contribution in [0.4, 0.5) is 0 Å². The standard InChI is InChI=1S/C16H11N/c1-2-5-12-9-15-13(8-11(12)4-1)10-16-14(15)6-3-7-17-16/h1-9H,10H2. The van der Waals surface area contributed by atoms with Crippen LogP contribution in [0.2, 0.25) is 0 Å². The van der Waals surface area contributed by atoms with E-state index >= 15 is 0 Å². The van der Waals surface area contributed by atoms with Gasteiger partial charge in [-0.1, -0.05) is 36.4 Å². The fourth-order valence-corrected chi connectivity index (χ4v) is 2.69. The number of benzene rings is 2. The molecule has 80 valence electrons. The van der Waals surface area contributed by atoms with Gasteiger partial charge in [0.15, 0.2) is 0 Å². The second-order valence-corrected chi connectivity index (χ2v) is 4.53. The molecule has 0 N–H and O–H groups in total. The molecule has 0 amide bonds. The monoisotopic (exact) mass is 217 g/mol. The molecule has 1 heteroatoms. The van der Waals surface area contributed by atoms with Crippen LogP contribution in [0.3, 0.4) is 0 Å². The Hall–Kier alpha value is -2.15. The lowest BCUT2D eigenvalue weighted by molar-refractivity contribution is 1.12. The predicted molar refractivity (Wildman–Crippen MR) is 70.0 cm³/mol. The summed E-state index contributed by atoms with van der Waals surface area (Å²) < 4.78 is 0. The molecule has 0 bridgehead atoms. The fraction of sp³-hybridized carbons (Fsp3) is 0.0625. The van der Waals surface area contributed by atoms with E-state index in [1.807, 2.05) is 12.3 Å². The van der Waals surface area contributed by atoms with Crippen molar-refractivity contribution < 1.29 is 0 Å². The van der Waals surface area contributed by atoms with Gasteiger partial charge in [-0.25, -0.2) is 0 Å². The van der Waals surface area contributed by atoms with E-state index in [9.17, 15) is 0 Å². The molecular weight excluding hydrogens is 206 g/mol. The lowest BCUT2D eigenvalue weighted by Gasteiger charge is -2.03. The Bertz CT molecular complexity index is 728. The van der Waals surface area contributed by atoms with Crippen LogP contribution in [-0.4, -0.2) is 4.98 Å². The van der Waals surface area contributed by atoms with Crippen molar-refractivity contribution in [1.29, 1.82) is 0 Å². The minimum absolute atomic E-state index is 0.969. The Morgan fingerprint density at radius 2 is 1.65 bits per heavy atom. The normalized spacial score (nSPS) is 12.5. The van der Waals surface area contributed by atoms with E-state index in [0.29, 0.717) is 0 Å². The van der Waals surface area contributed by atoms with E-state index in [1.54, 1.807) is 0 Å². The maximum Gasteiger partial charge on any atom is 0.0525 e. The molecule has 0 spiro atoms. The van der Waals surface area contributed by atoms with E-state index in [1.165, 1.54) is 33.2 Å². The van der Waals surface area contributed by atoms with Gasteiger partial charge in [-0.15, -0.1) is 0 Å². The summed E-state index contributed by atoms with van der Waals surface area (Å²) in [6.45, 7) is 0. The van der Waals surface area contributed by atoms with Crippen LogP contribution < -0.4 is 0 Å². The predicted octanol–water partition coefficient (Wildman–Crippen LogP) is 3.81. The number of fused-ring (bicyclic) bond motifs is 4. The summed E-state index contributed by atoms with van der Waals surface area (Å²) in [5, 5.41) is 2.63. The quantitative estimate of drug-likeness (QED) is 0.436. The van der Waals surface area contributed by atoms with Crippen LogP contribution in [0.15, 0.2) is 54.7 Å². The highest BCUT2D eigenvalue weighted by molar-refractivity contribution is 5.91. The summed E-state index contributed by atoms with van der Waals surface area (Å²) in [7, 11) is 0. The first-order valence-electron chi connectivity index (χ1n) is 5.88. The second kappa shape index (κ2) is 3.17. The highest BCUT2D eigenvalue weighted by Crippen LogP contribution is 2.37. The molecule has 0 saturated carbocycles.